The van der Waals surface area contributed by atoms with Gasteiger partial charge in [-0.05, 0) is 29.8 Å². The van der Waals surface area contributed by atoms with Crippen LogP contribution in [-0.4, -0.2) is 38.4 Å². The van der Waals surface area contributed by atoms with Crippen molar-refractivity contribution in [3.8, 4) is 17.2 Å². The van der Waals surface area contributed by atoms with Crippen LogP contribution in [0.4, 0.5) is 13.2 Å². The Bertz CT molecular complexity index is 850. The molecule has 0 aliphatic rings. The molecule has 0 saturated carbocycles. The summed E-state index contributed by atoms with van der Waals surface area (Å²) in [7, 11) is 4.52. The summed E-state index contributed by atoms with van der Waals surface area (Å²) in [6.07, 6.45) is -1.89. The highest BCUT2D eigenvalue weighted by molar-refractivity contribution is 5.91. The number of likely N-dealkylation sites (N-methyl/N-ethyl adjacent to an activating group) is 1. The summed E-state index contributed by atoms with van der Waals surface area (Å²) in [5, 5.41) is 0. The number of para-hydroxylation sites is 1. The van der Waals surface area contributed by atoms with Crippen LogP contribution in [0.3, 0.4) is 0 Å². The molecule has 2 aromatic carbocycles. The number of hydrogen-bond acceptors (Lipinski definition) is 4. The van der Waals surface area contributed by atoms with Gasteiger partial charge in [-0.2, -0.15) is 0 Å². The molecule has 0 unspecified atom stereocenters. The lowest BCUT2D eigenvalue weighted by Crippen LogP contribution is -2.25. The summed E-state index contributed by atoms with van der Waals surface area (Å²) >= 11 is 0. The topological polar surface area (TPSA) is 48.0 Å². The minimum Gasteiger partial charge on any atom is -0.493 e. The van der Waals surface area contributed by atoms with Crippen LogP contribution < -0.4 is 14.2 Å². The van der Waals surface area contributed by atoms with Gasteiger partial charge in [0.25, 0.3) is 0 Å². The molecular weight excluding hydrogens is 375 g/mol. The summed E-state index contributed by atoms with van der Waals surface area (Å²) in [5.41, 5.74) is 0.954. The molecule has 2 rings (SSSR count). The number of halogens is 3. The average Bonchev–Trinajstić information content (AvgIpc) is 2.66. The predicted molar refractivity (Wildman–Crippen MR) is 98.2 cm³/mol. The van der Waals surface area contributed by atoms with E-state index in [1.54, 1.807) is 30.3 Å². The van der Waals surface area contributed by atoms with Crippen LogP contribution in [0.2, 0.25) is 0 Å². The molecule has 28 heavy (non-hydrogen) atoms. The van der Waals surface area contributed by atoms with Gasteiger partial charge < -0.3 is 19.1 Å². The van der Waals surface area contributed by atoms with Crippen LogP contribution in [0, 0.1) is 0 Å². The van der Waals surface area contributed by atoms with Crippen molar-refractivity contribution in [1.29, 1.82) is 0 Å². The van der Waals surface area contributed by atoms with E-state index < -0.39 is 6.36 Å². The van der Waals surface area contributed by atoms with E-state index >= 15 is 0 Å². The zero-order valence-corrected chi connectivity index (χ0v) is 15.6. The van der Waals surface area contributed by atoms with Gasteiger partial charge in [-0.1, -0.05) is 24.3 Å². The maximum absolute atomic E-state index is 12.5. The van der Waals surface area contributed by atoms with Crippen molar-refractivity contribution in [2.45, 2.75) is 12.9 Å². The molecule has 2 aromatic rings. The first-order valence-corrected chi connectivity index (χ1v) is 8.22. The van der Waals surface area contributed by atoms with E-state index in [0.29, 0.717) is 17.1 Å². The van der Waals surface area contributed by atoms with E-state index in [2.05, 4.69) is 4.74 Å². The molecule has 0 aromatic heterocycles. The molecule has 1 amide bonds. The number of benzene rings is 2. The molecule has 8 heteroatoms. The fraction of sp³-hybridized carbons (Fsp3) is 0.250. The molecule has 0 spiro atoms. The molecular formula is C20H20F3NO4. The maximum atomic E-state index is 12.5. The molecule has 0 fully saturated rings. The summed E-state index contributed by atoms with van der Waals surface area (Å²) in [6, 6.07) is 10.9. The van der Waals surface area contributed by atoms with Crippen molar-refractivity contribution in [2.24, 2.45) is 0 Å². The van der Waals surface area contributed by atoms with E-state index in [1.165, 1.54) is 50.4 Å². The number of rotatable bonds is 7. The summed E-state index contributed by atoms with van der Waals surface area (Å²) in [6.45, 7) is -0.0403. The largest absolute Gasteiger partial charge is 0.573 e. The Kier molecular flexibility index (Phi) is 6.92. The standard InChI is InChI=1S/C20H20F3NO4/c1-24(13-15-6-4-5-7-16(15)28-20(21,22)23)19(25)11-9-14-8-10-17(26-2)18(12-14)27-3/h4-12H,13H2,1-3H3/b11-9+. The van der Waals surface area contributed by atoms with E-state index in [0.717, 1.165) is 0 Å². The van der Waals surface area contributed by atoms with Crippen molar-refractivity contribution >= 4 is 12.0 Å². The lowest BCUT2D eigenvalue weighted by molar-refractivity contribution is -0.275. The van der Waals surface area contributed by atoms with Gasteiger partial charge in [-0.3, -0.25) is 4.79 Å². The Hall–Kier alpha value is -3.16. The fourth-order valence-corrected chi connectivity index (χ4v) is 2.44. The molecule has 0 atom stereocenters. The SMILES string of the molecule is COc1ccc(/C=C/C(=O)N(C)Cc2ccccc2OC(F)(F)F)cc1OC. The quantitative estimate of drug-likeness (QED) is 0.657. The van der Waals surface area contributed by atoms with Crippen molar-refractivity contribution in [1.82, 2.24) is 4.90 Å². The number of alkyl halides is 3. The molecule has 5 nitrogen and oxygen atoms in total. The Morgan fingerprint density at radius 3 is 2.36 bits per heavy atom. The van der Waals surface area contributed by atoms with Gasteiger partial charge in [0.15, 0.2) is 11.5 Å². The second-order valence-electron chi connectivity index (χ2n) is 5.80. The number of carbonyl (C=O) groups is 1. The van der Waals surface area contributed by atoms with E-state index in [-0.39, 0.29) is 23.8 Å². The number of carbonyl (C=O) groups excluding carboxylic acids is 1. The van der Waals surface area contributed by atoms with Crippen molar-refractivity contribution < 1.29 is 32.2 Å². The predicted octanol–water partition coefficient (Wildman–Crippen LogP) is 4.27. The smallest absolute Gasteiger partial charge is 0.493 e. The minimum absolute atomic E-state index is 0.0403. The summed E-state index contributed by atoms with van der Waals surface area (Å²) in [4.78, 5) is 13.6. The van der Waals surface area contributed by atoms with Crippen molar-refractivity contribution in [3.05, 3.63) is 59.7 Å². The molecule has 150 valence electrons. The highest BCUT2D eigenvalue weighted by atomic mass is 19.4. The van der Waals surface area contributed by atoms with Gasteiger partial charge in [-0.25, -0.2) is 0 Å². The van der Waals surface area contributed by atoms with Gasteiger partial charge in [0.05, 0.1) is 14.2 Å². The molecule has 0 radical (unpaired) electrons. The molecule has 0 aliphatic heterocycles. The average molecular weight is 395 g/mol. The van der Waals surface area contributed by atoms with Crippen LogP contribution in [0.15, 0.2) is 48.5 Å². The third-order valence-corrected chi connectivity index (χ3v) is 3.81. The monoisotopic (exact) mass is 395 g/mol. The van der Waals surface area contributed by atoms with Crippen LogP contribution in [0.5, 0.6) is 17.2 Å². The van der Waals surface area contributed by atoms with Gasteiger partial charge >= 0.3 is 6.36 Å². The van der Waals surface area contributed by atoms with Crippen molar-refractivity contribution in [2.75, 3.05) is 21.3 Å². The van der Waals surface area contributed by atoms with Gasteiger partial charge in [0.1, 0.15) is 5.75 Å². The van der Waals surface area contributed by atoms with Crippen LogP contribution in [0.1, 0.15) is 11.1 Å². The number of ether oxygens (including phenoxy) is 3. The van der Waals surface area contributed by atoms with Gasteiger partial charge in [0.2, 0.25) is 5.91 Å². The molecule has 0 bridgehead atoms. The second-order valence-corrected chi connectivity index (χ2v) is 5.80. The van der Waals surface area contributed by atoms with Crippen LogP contribution >= 0.6 is 0 Å². The minimum atomic E-state index is -4.80. The summed E-state index contributed by atoms with van der Waals surface area (Å²) in [5.74, 6) is 0.364. The van der Waals surface area contributed by atoms with Crippen LogP contribution in [-0.2, 0) is 11.3 Å². The zero-order valence-electron chi connectivity index (χ0n) is 15.6. The molecule has 0 N–H and O–H groups in total. The number of nitrogens with zero attached hydrogens (tertiary/aromatic N) is 1. The van der Waals surface area contributed by atoms with Crippen LogP contribution in [0.25, 0.3) is 6.08 Å². The molecule has 0 heterocycles. The Labute approximate surface area is 160 Å². The number of hydrogen-bond donors (Lipinski definition) is 0. The lowest BCUT2D eigenvalue weighted by atomic mass is 10.1. The number of amides is 1. The fourth-order valence-electron chi connectivity index (χ4n) is 2.44. The maximum Gasteiger partial charge on any atom is 0.573 e. The van der Waals surface area contributed by atoms with Crippen molar-refractivity contribution in [3.63, 3.8) is 0 Å². The highest BCUT2D eigenvalue weighted by Gasteiger charge is 2.32. The van der Waals surface area contributed by atoms with E-state index in [1.807, 2.05) is 0 Å². The third kappa shape index (κ3) is 5.94. The first-order chi connectivity index (χ1) is 13.2. The summed E-state index contributed by atoms with van der Waals surface area (Å²) < 4.78 is 51.9. The van der Waals surface area contributed by atoms with Gasteiger partial charge in [0, 0.05) is 25.2 Å². The lowest BCUT2D eigenvalue weighted by Gasteiger charge is -2.18. The highest BCUT2D eigenvalue weighted by Crippen LogP contribution is 2.28. The second kappa shape index (κ2) is 9.16. The Morgan fingerprint density at radius 1 is 1.04 bits per heavy atom. The third-order valence-electron chi connectivity index (χ3n) is 3.81. The molecule has 0 saturated heterocycles. The van der Waals surface area contributed by atoms with E-state index in [4.69, 9.17) is 9.47 Å². The normalized spacial score (nSPS) is 11.4. The first kappa shape index (κ1) is 21.1. The first-order valence-electron chi connectivity index (χ1n) is 8.22. The zero-order chi connectivity index (χ0) is 20.7. The molecule has 0 aliphatic carbocycles. The van der Waals surface area contributed by atoms with Gasteiger partial charge in [-0.15, -0.1) is 13.2 Å². The number of methoxy groups -OCH3 is 2. The van der Waals surface area contributed by atoms with E-state index in [9.17, 15) is 18.0 Å². The Balaban J connectivity index is 2.09. The Morgan fingerprint density at radius 2 is 1.71 bits per heavy atom.